The van der Waals surface area contributed by atoms with E-state index >= 15 is 0 Å². The molecular weight excluding hydrogens is 306 g/mol. The third-order valence-corrected chi connectivity index (χ3v) is 3.37. The van der Waals surface area contributed by atoms with Crippen LogP contribution in [0.5, 0.6) is 17.2 Å². The minimum atomic E-state index is -0.0839. The summed E-state index contributed by atoms with van der Waals surface area (Å²) < 4.78 is 16.1. The van der Waals surface area contributed by atoms with Crippen LogP contribution in [0.4, 0.5) is 5.69 Å². The first-order valence-corrected chi connectivity index (χ1v) is 7.75. The predicted octanol–water partition coefficient (Wildman–Crippen LogP) is 4.01. The van der Waals surface area contributed by atoms with E-state index in [0.29, 0.717) is 11.3 Å². The molecule has 5 heteroatoms. The Kier molecular flexibility index (Phi) is 4.70. The van der Waals surface area contributed by atoms with E-state index < -0.39 is 0 Å². The van der Waals surface area contributed by atoms with Crippen LogP contribution in [0, 0.1) is 0 Å². The van der Waals surface area contributed by atoms with Crippen molar-refractivity contribution < 1.29 is 19.0 Å². The van der Waals surface area contributed by atoms with E-state index in [4.69, 9.17) is 14.2 Å². The second-order valence-corrected chi connectivity index (χ2v) is 5.60. The van der Waals surface area contributed by atoms with Crippen molar-refractivity contribution in [3.05, 3.63) is 60.3 Å². The van der Waals surface area contributed by atoms with Crippen LogP contribution in [0.3, 0.4) is 0 Å². The fourth-order valence-electron chi connectivity index (χ4n) is 2.27. The van der Waals surface area contributed by atoms with Gasteiger partial charge in [0.1, 0.15) is 5.75 Å². The number of ether oxygens (including phenoxy) is 3. The second-order valence-electron chi connectivity index (χ2n) is 5.60. The minimum absolute atomic E-state index is 0.0839. The number of rotatable bonds is 6. The molecule has 0 amide bonds. The Balaban J connectivity index is 1.59. The van der Waals surface area contributed by atoms with E-state index in [0.717, 1.165) is 17.2 Å². The molecule has 24 heavy (non-hydrogen) atoms. The van der Waals surface area contributed by atoms with Crippen LogP contribution in [0.2, 0.25) is 0 Å². The van der Waals surface area contributed by atoms with E-state index in [9.17, 15) is 4.79 Å². The van der Waals surface area contributed by atoms with Crippen molar-refractivity contribution in [1.82, 2.24) is 0 Å². The molecular formula is C19H19NO4. The van der Waals surface area contributed by atoms with E-state index in [1.807, 2.05) is 32.0 Å². The Bertz CT molecular complexity index is 750. The maximum absolute atomic E-state index is 12.1. The maximum Gasteiger partial charge on any atom is 0.231 e. The van der Waals surface area contributed by atoms with Crippen molar-refractivity contribution in [2.45, 2.75) is 20.0 Å². The molecule has 0 fully saturated rings. The lowest BCUT2D eigenvalue weighted by molar-refractivity contribution is 0.104. The van der Waals surface area contributed by atoms with Crippen molar-refractivity contribution in [3.63, 3.8) is 0 Å². The van der Waals surface area contributed by atoms with Crippen LogP contribution >= 0.6 is 0 Å². The molecule has 2 aromatic carbocycles. The first-order chi connectivity index (χ1) is 11.6. The Hall–Kier alpha value is -2.95. The molecule has 1 N–H and O–H groups in total. The molecule has 0 aliphatic carbocycles. The number of hydrogen-bond acceptors (Lipinski definition) is 5. The van der Waals surface area contributed by atoms with Crippen LogP contribution < -0.4 is 19.5 Å². The molecule has 1 aliphatic heterocycles. The number of ketones is 1. The Morgan fingerprint density at radius 2 is 1.88 bits per heavy atom. The molecule has 0 bridgehead atoms. The molecule has 3 rings (SSSR count). The van der Waals surface area contributed by atoms with Gasteiger partial charge in [-0.15, -0.1) is 0 Å². The molecule has 0 saturated carbocycles. The van der Waals surface area contributed by atoms with Crippen LogP contribution in [-0.4, -0.2) is 18.7 Å². The Morgan fingerprint density at radius 3 is 2.62 bits per heavy atom. The van der Waals surface area contributed by atoms with Crippen LogP contribution in [0.25, 0.3) is 0 Å². The third-order valence-electron chi connectivity index (χ3n) is 3.37. The molecule has 0 radical (unpaired) electrons. The van der Waals surface area contributed by atoms with Gasteiger partial charge >= 0.3 is 0 Å². The number of nitrogens with one attached hydrogen (secondary N) is 1. The predicted molar refractivity (Wildman–Crippen MR) is 91.9 cm³/mol. The molecule has 2 aromatic rings. The molecule has 124 valence electrons. The van der Waals surface area contributed by atoms with Gasteiger partial charge in [0.2, 0.25) is 6.79 Å². The summed E-state index contributed by atoms with van der Waals surface area (Å²) in [5.41, 5.74) is 1.43. The summed E-state index contributed by atoms with van der Waals surface area (Å²) in [6, 6.07) is 12.6. The number of anilines is 1. The van der Waals surface area contributed by atoms with Crippen LogP contribution in [0.1, 0.15) is 24.2 Å². The average molecular weight is 325 g/mol. The van der Waals surface area contributed by atoms with Crippen molar-refractivity contribution in [1.29, 1.82) is 0 Å². The lowest BCUT2D eigenvalue weighted by Crippen LogP contribution is -2.05. The molecule has 0 atom stereocenters. The van der Waals surface area contributed by atoms with Gasteiger partial charge < -0.3 is 19.5 Å². The van der Waals surface area contributed by atoms with Gasteiger partial charge in [0, 0.05) is 29.6 Å². The molecule has 5 nitrogen and oxygen atoms in total. The number of allylic oxidation sites excluding steroid dienone is 1. The normalized spacial score (nSPS) is 12.6. The SMILES string of the molecule is CC(C)Oc1ccc(C(=O)/C=C/Nc2ccc3c(c2)OCO3)cc1. The highest BCUT2D eigenvalue weighted by atomic mass is 16.7. The molecule has 0 saturated heterocycles. The van der Waals surface area contributed by atoms with Crippen molar-refractivity contribution in [3.8, 4) is 17.2 Å². The van der Waals surface area contributed by atoms with Gasteiger partial charge in [0.25, 0.3) is 0 Å². The molecule has 1 heterocycles. The van der Waals surface area contributed by atoms with Gasteiger partial charge in [-0.25, -0.2) is 0 Å². The monoisotopic (exact) mass is 325 g/mol. The average Bonchev–Trinajstić information content (AvgIpc) is 3.02. The summed E-state index contributed by atoms with van der Waals surface area (Å²) in [6.07, 6.45) is 3.21. The first-order valence-electron chi connectivity index (χ1n) is 7.75. The minimum Gasteiger partial charge on any atom is -0.491 e. The summed E-state index contributed by atoms with van der Waals surface area (Å²) in [5, 5.41) is 3.05. The van der Waals surface area contributed by atoms with E-state index in [2.05, 4.69) is 5.32 Å². The van der Waals surface area contributed by atoms with Gasteiger partial charge in [0.05, 0.1) is 6.10 Å². The zero-order valence-electron chi connectivity index (χ0n) is 13.6. The van der Waals surface area contributed by atoms with Crippen LogP contribution in [0.15, 0.2) is 54.7 Å². The fourth-order valence-corrected chi connectivity index (χ4v) is 2.27. The number of carbonyl (C=O) groups is 1. The van der Waals surface area contributed by atoms with Crippen LogP contribution in [-0.2, 0) is 0 Å². The van der Waals surface area contributed by atoms with Gasteiger partial charge in [-0.1, -0.05) is 0 Å². The van der Waals surface area contributed by atoms with Crippen molar-refractivity contribution >= 4 is 11.5 Å². The lowest BCUT2D eigenvalue weighted by Gasteiger charge is -2.09. The number of fused-ring (bicyclic) bond motifs is 1. The summed E-state index contributed by atoms with van der Waals surface area (Å²) in [4.78, 5) is 12.1. The van der Waals surface area contributed by atoms with Crippen molar-refractivity contribution in [2.24, 2.45) is 0 Å². The highest BCUT2D eigenvalue weighted by Gasteiger charge is 2.12. The van der Waals surface area contributed by atoms with E-state index in [1.54, 1.807) is 30.5 Å². The maximum atomic E-state index is 12.1. The molecule has 0 aromatic heterocycles. The van der Waals surface area contributed by atoms with Gasteiger partial charge in [-0.3, -0.25) is 4.79 Å². The zero-order valence-corrected chi connectivity index (χ0v) is 13.6. The summed E-state index contributed by atoms with van der Waals surface area (Å²) in [6.45, 7) is 4.16. The molecule has 0 spiro atoms. The topological polar surface area (TPSA) is 56.8 Å². The summed E-state index contributed by atoms with van der Waals surface area (Å²) >= 11 is 0. The highest BCUT2D eigenvalue weighted by molar-refractivity contribution is 6.04. The first kappa shape index (κ1) is 15.9. The highest BCUT2D eigenvalue weighted by Crippen LogP contribution is 2.34. The zero-order chi connectivity index (χ0) is 16.9. The third kappa shape index (κ3) is 3.87. The fraction of sp³-hybridized carbons (Fsp3) is 0.211. The van der Waals surface area contributed by atoms with E-state index in [-0.39, 0.29) is 18.7 Å². The Labute approximate surface area is 140 Å². The van der Waals surface area contributed by atoms with Gasteiger partial charge in [-0.05, 0) is 50.2 Å². The van der Waals surface area contributed by atoms with Gasteiger partial charge in [0.15, 0.2) is 17.3 Å². The smallest absolute Gasteiger partial charge is 0.231 e. The van der Waals surface area contributed by atoms with E-state index in [1.165, 1.54) is 6.08 Å². The summed E-state index contributed by atoms with van der Waals surface area (Å²) in [5.74, 6) is 2.09. The standard InChI is InChI=1S/C19H19NO4/c1-13(2)24-16-6-3-14(4-7-16)17(21)9-10-20-15-5-8-18-19(11-15)23-12-22-18/h3-11,13,20H,12H2,1-2H3/b10-9+. The molecule has 1 aliphatic rings. The lowest BCUT2D eigenvalue weighted by atomic mass is 10.1. The second kappa shape index (κ2) is 7.08. The number of carbonyl (C=O) groups excluding carboxylic acids is 1. The molecule has 0 unspecified atom stereocenters. The van der Waals surface area contributed by atoms with Crippen molar-refractivity contribution in [2.75, 3.05) is 12.1 Å². The number of benzene rings is 2. The summed E-state index contributed by atoms with van der Waals surface area (Å²) in [7, 11) is 0. The largest absolute Gasteiger partial charge is 0.491 e. The Morgan fingerprint density at radius 1 is 1.12 bits per heavy atom. The van der Waals surface area contributed by atoms with Gasteiger partial charge in [-0.2, -0.15) is 0 Å². The number of hydrogen-bond donors (Lipinski definition) is 1. The quantitative estimate of drug-likeness (QED) is 0.642.